The molecule has 2 heterocycles. The summed E-state index contributed by atoms with van der Waals surface area (Å²) in [4.78, 5) is 27.8. The van der Waals surface area contributed by atoms with Gasteiger partial charge in [-0.25, -0.2) is 19.1 Å². The number of esters is 1. The molecule has 0 fully saturated rings. The summed E-state index contributed by atoms with van der Waals surface area (Å²) in [5.74, 6) is -1.12. The Hall–Kier alpha value is -2.11. The van der Waals surface area contributed by atoms with Gasteiger partial charge in [0.15, 0.2) is 11.2 Å². The Morgan fingerprint density at radius 1 is 1.56 bits per heavy atom. The Morgan fingerprint density at radius 3 is 2.94 bits per heavy atom. The summed E-state index contributed by atoms with van der Waals surface area (Å²) in [5.41, 5.74) is -0.479. The second-order valence-corrected chi connectivity index (χ2v) is 4.31. The van der Waals surface area contributed by atoms with Gasteiger partial charge in [0.1, 0.15) is 5.54 Å². The Kier molecular flexibility index (Phi) is 2.94. The number of carbonyl (C=O) groups excluding carboxylic acids is 1. The van der Waals surface area contributed by atoms with E-state index in [0.29, 0.717) is 11.2 Å². The largest absolute Gasteiger partial charge is 0.464 e. The molecule has 0 aliphatic rings. The summed E-state index contributed by atoms with van der Waals surface area (Å²) in [6.07, 6.45) is 1.54. The minimum absolute atomic E-state index is 0.250. The van der Waals surface area contributed by atoms with Gasteiger partial charge in [-0.05, 0) is 32.9 Å². The molecule has 0 saturated heterocycles. The Balaban J connectivity index is 2.63. The molecule has 0 aliphatic heterocycles. The van der Waals surface area contributed by atoms with Crippen molar-refractivity contribution in [1.29, 1.82) is 0 Å². The average molecular weight is 250 g/mol. The number of hydrogen-bond donors (Lipinski definition) is 0. The number of nitrogens with zero attached hydrogens (tertiary/aromatic N) is 2. The zero-order valence-electron chi connectivity index (χ0n) is 10.5. The fourth-order valence-electron chi connectivity index (χ4n) is 1.75. The third kappa shape index (κ3) is 1.79. The summed E-state index contributed by atoms with van der Waals surface area (Å²) in [5, 5.41) is 0. The second-order valence-electron chi connectivity index (χ2n) is 4.31. The third-order valence-corrected chi connectivity index (χ3v) is 2.68. The molecule has 0 aliphatic carbocycles. The van der Waals surface area contributed by atoms with Crippen LogP contribution >= 0.6 is 0 Å². The predicted molar refractivity (Wildman–Crippen MR) is 64.2 cm³/mol. The van der Waals surface area contributed by atoms with E-state index < -0.39 is 17.3 Å². The van der Waals surface area contributed by atoms with Gasteiger partial charge in [0.05, 0.1) is 6.61 Å². The minimum atomic E-state index is -1.16. The predicted octanol–water partition coefficient (Wildman–Crippen LogP) is 1.29. The van der Waals surface area contributed by atoms with Crippen molar-refractivity contribution in [3.63, 3.8) is 0 Å². The highest BCUT2D eigenvalue weighted by Gasteiger charge is 2.35. The zero-order valence-corrected chi connectivity index (χ0v) is 10.5. The van der Waals surface area contributed by atoms with Crippen LogP contribution in [0, 0.1) is 0 Å². The van der Waals surface area contributed by atoms with Crippen molar-refractivity contribution in [3.05, 3.63) is 28.9 Å². The van der Waals surface area contributed by atoms with Crippen LogP contribution in [0.2, 0.25) is 0 Å². The van der Waals surface area contributed by atoms with Crippen LogP contribution in [-0.4, -0.2) is 22.1 Å². The van der Waals surface area contributed by atoms with Gasteiger partial charge in [-0.3, -0.25) is 0 Å². The lowest BCUT2D eigenvalue weighted by atomic mass is 10.1. The van der Waals surface area contributed by atoms with Crippen molar-refractivity contribution in [2.24, 2.45) is 0 Å². The molecule has 0 spiro atoms. The quantitative estimate of drug-likeness (QED) is 0.767. The Morgan fingerprint density at radius 2 is 2.28 bits per heavy atom. The van der Waals surface area contributed by atoms with Crippen molar-refractivity contribution in [2.75, 3.05) is 6.61 Å². The van der Waals surface area contributed by atoms with E-state index in [0.717, 1.165) is 0 Å². The maximum atomic E-state index is 11.9. The van der Waals surface area contributed by atoms with Gasteiger partial charge in [-0.2, -0.15) is 0 Å². The maximum Gasteiger partial charge on any atom is 0.422 e. The van der Waals surface area contributed by atoms with Crippen molar-refractivity contribution >= 4 is 17.2 Å². The molecule has 0 bridgehead atoms. The van der Waals surface area contributed by atoms with E-state index >= 15 is 0 Å². The van der Waals surface area contributed by atoms with Gasteiger partial charge in [0.25, 0.3) is 0 Å². The summed E-state index contributed by atoms with van der Waals surface area (Å²) in [6.45, 7) is 5.15. The van der Waals surface area contributed by atoms with Crippen molar-refractivity contribution < 1.29 is 13.9 Å². The molecule has 0 saturated carbocycles. The first-order valence-electron chi connectivity index (χ1n) is 5.62. The maximum absolute atomic E-state index is 11.9. The van der Waals surface area contributed by atoms with Crippen LogP contribution in [0.5, 0.6) is 0 Å². The fourth-order valence-corrected chi connectivity index (χ4v) is 1.75. The fraction of sp³-hybridized carbons (Fsp3) is 0.417. The van der Waals surface area contributed by atoms with Crippen LogP contribution in [0.3, 0.4) is 0 Å². The third-order valence-electron chi connectivity index (χ3n) is 2.68. The summed E-state index contributed by atoms with van der Waals surface area (Å²) < 4.78 is 11.2. The van der Waals surface area contributed by atoms with Gasteiger partial charge in [-0.1, -0.05) is 0 Å². The molecule has 96 valence electrons. The molecule has 0 amide bonds. The van der Waals surface area contributed by atoms with Gasteiger partial charge < -0.3 is 9.15 Å². The van der Waals surface area contributed by atoms with Crippen molar-refractivity contribution in [2.45, 2.75) is 26.3 Å². The molecule has 18 heavy (non-hydrogen) atoms. The van der Waals surface area contributed by atoms with Crippen LogP contribution in [0.1, 0.15) is 20.8 Å². The van der Waals surface area contributed by atoms with Crippen LogP contribution in [0.25, 0.3) is 11.2 Å². The van der Waals surface area contributed by atoms with Gasteiger partial charge in [0.2, 0.25) is 0 Å². The Bertz CT molecular complexity index is 639. The van der Waals surface area contributed by atoms with Gasteiger partial charge in [0, 0.05) is 6.20 Å². The molecule has 2 aromatic heterocycles. The highest BCUT2D eigenvalue weighted by atomic mass is 16.5. The number of pyridine rings is 1. The average Bonchev–Trinajstić information content (AvgIpc) is 2.65. The normalized spacial score (nSPS) is 11.7. The van der Waals surface area contributed by atoms with Gasteiger partial charge >= 0.3 is 11.7 Å². The molecular formula is C12H14N2O4. The smallest absolute Gasteiger partial charge is 0.422 e. The van der Waals surface area contributed by atoms with E-state index in [2.05, 4.69) is 4.98 Å². The molecule has 0 unspecified atom stereocenters. The van der Waals surface area contributed by atoms with E-state index in [1.54, 1.807) is 32.9 Å². The standard InChI is InChI=1S/C12H14N2O4/c1-4-17-10(15)12(2,3)14-9-8(18-11(14)16)6-5-7-13-9/h5-7H,4H2,1-3H3. The topological polar surface area (TPSA) is 74.3 Å². The number of rotatable bonds is 3. The monoisotopic (exact) mass is 250 g/mol. The molecule has 2 rings (SSSR count). The molecule has 0 radical (unpaired) electrons. The highest BCUT2D eigenvalue weighted by Crippen LogP contribution is 2.21. The zero-order chi connectivity index (χ0) is 13.3. The van der Waals surface area contributed by atoms with E-state index in [1.807, 2.05) is 0 Å². The van der Waals surface area contributed by atoms with Crippen molar-refractivity contribution in [3.8, 4) is 0 Å². The summed E-state index contributed by atoms with van der Waals surface area (Å²) in [6, 6.07) is 3.29. The lowest BCUT2D eigenvalue weighted by molar-refractivity contribution is -0.152. The van der Waals surface area contributed by atoms with E-state index in [-0.39, 0.29) is 6.61 Å². The SMILES string of the molecule is CCOC(=O)C(C)(C)n1c(=O)oc2cccnc21. The van der Waals surface area contributed by atoms with Crippen LogP contribution in [0.15, 0.2) is 27.5 Å². The first-order chi connectivity index (χ1) is 8.48. The molecular weight excluding hydrogens is 236 g/mol. The first-order valence-corrected chi connectivity index (χ1v) is 5.62. The molecule has 6 heteroatoms. The van der Waals surface area contributed by atoms with E-state index in [4.69, 9.17) is 9.15 Å². The number of fused-ring (bicyclic) bond motifs is 1. The molecule has 6 nitrogen and oxygen atoms in total. The number of aromatic nitrogens is 2. The highest BCUT2D eigenvalue weighted by molar-refractivity contribution is 5.80. The summed E-state index contributed by atoms with van der Waals surface area (Å²) >= 11 is 0. The van der Waals surface area contributed by atoms with Crippen LogP contribution in [0.4, 0.5) is 0 Å². The number of hydrogen-bond acceptors (Lipinski definition) is 5. The van der Waals surface area contributed by atoms with Crippen molar-refractivity contribution in [1.82, 2.24) is 9.55 Å². The lowest BCUT2D eigenvalue weighted by Crippen LogP contribution is -2.42. The summed E-state index contributed by atoms with van der Waals surface area (Å²) in [7, 11) is 0. The number of oxazole rings is 1. The lowest BCUT2D eigenvalue weighted by Gasteiger charge is -2.22. The second kappa shape index (κ2) is 4.29. The van der Waals surface area contributed by atoms with Gasteiger partial charge in [-0.15, -0.1) is 0 Å². The Labute approximate surface area is 103 Å². The molecule has 2 aromatic rings. The molecule has 0 N–H and O–H groups in total. The molecule has 0 aromatic carbocycles. The number of ether oxygens (including phenoxy) is 1. The first kappa shape index (κ1) is 12.3. The molecule has 0 atom stereocenters. The van der Waals surface area contributed by atoms with Crippen LogP contribution in [-0.2, 0) is 15.1 Å². The van der Waals surface area contributed by atoms with Crippen LogP contribution < -0.4 is 5.76 Å². The number of carbonyl (C=O) groups is 1. The minimum Gasteiger partial charge on any atom is -0.464 e. The van der Waals surface area contributed by atoms with E-state index in [9.17, 15) is 9.59 Å². The van der Waals surface area contributed by atoms with E-state index in [1.165, 1.54) is 10.8 Å².